The number of amides is 1. The molecule has 18 heavy (non-hydrogen) atoms. The van der Waals surface area contributed by atoms with Crippen molar-refractivity contribution in [2.75, 3.05) is 20.7 Å². The number of ether oxygens (including phenoxy) is 1. The molecule has 1 aliphatic heterocycles. The molecule has 1 heterocycles. The summed E-state index contributed by atoms with van der Waals surface area (Å²) in [4.78, 5) is 17.1. The molecule has 1 N–H and O–H groups in total. The predicted octanol–water partition coefficient (Wildman–Crippen LogP) is 1.52. The summed E-state index contributed by atoms with van der Waals surface area (Å²) in [6.45, 7) is 0.472. The van der Waals surface area contributed by atoms with Gasteiger partial charge >= 0.3 is 6.09 Å². The van der Waals surface area contributed by atoms with Gasteiger partial charge in [0.25, 0.3) is 0 Å². The highest BCUT2D eigenvalue weighted by Gasteiger charge is 2.27. The number of benzene rings is 1. The zero-order chi connectivity index (χ0) is 13.1. The van der Waals surface area contributed by atoms with E-state index in [1.165, 1.54) is 19.2 Å². The van der Waals surface area contributed by atoms with Crippen molar-refractivity contribution in [1.82, 2.24) is 10.2 Å². The second-order valence-corrected chi connectivity index (χ2v) is 3.96. The molecule has 6 heteroatoms. The number of halogens is 1. The highest BCUT2D eigenvalue weighted by molar-refractivity contribution is 5.94. The molecular formula is C12H14FN3O2. The van der Waals surface area contributed by atoms with Crippen molar-refractivity contribution >= 4 is 12.1 Å². The SMILES string of the molecule is COC(=O)NC1=NCC(c2cccc(F)c2)N1C. The number of guanidine groups is 1. The van der Waals surface area contributed by atoms with Crippen molar-refractivity contribution in [3.8, 4) is 0 Å². The predicted molar refractivity (Wildman–Crippen MR) is 64.7 cm³/mol. The molecule has 1 aliphatic rings. The molecule has 1 amide bonds. The van der Waals surface area contributed by atoms with E-state index in [2.05, 4.69) is 15.0 Å². The van der Waals surface area contributed by atoms with Gasteiger partial charge in [-0.1, -0.05) is 12.1 Å². The molecule has 0 aliphatic carbocycles. The lowest BCUT2D eigenvalue weighted by Crippen LogP contribution is -2.40. The number of alkyl carbamates (subject to hydrolysis) is 1. The van der Waals surface area contributed by atoms with E-state index in [0.29, 0.717) is 12.5 Å². The van der Waals surface area contributed by atoms with Crippen LogP contribution in [-0.2, 0) is 4.74 Å². The average molecular weight is 251 g/mol. The number of hydrogen-bond donors (Lipinski definition) is 1. The molecule has 1 aromatic carbocycles. The topological polar surface area (TPSA) is 53.9 Å². The highest BCUT2D eigenvalue weighted by atomic mass is 19.1. The van der Waals surface area contributed by atoms with E-state index in [4.69, 9.17) is 0 Å². The summed E-state index contributed by atoms with van der Waals surface area (Å²) < 4.78 is 17.7. The van der Waals surface area contributed by atoms with E-state index in [1.807, 2.05) is 6.07 Å². The van der Waals surface area contributed by atoms with Gasteiger partial charge in [-0.15, -0.1) is 0 Å². The lowest BCUT2D eigenvalue weighted by Gasteiger charge is -2.23. The van der Waals surface area contributed by atoms with Crippen molar-refractivity contribution in [3.63, 3.8) is 0 Å². The van der Waals surface area contributed by atoms with Crippen LogP contribution >= 0.6 is 0 Å². The first-order valence-electron chi connectivity index (χ1n) is 5.49. The van der Waals surface area contributed by atoms with Crippen molar-refractivity contribution in [2.24, 2.45) is 4.99 Å². The Morgan fingerprint density at radius 3 is 3.06 bits per heavy atom. The molecule has 0 bridgehead atoms. The molecule has 96 valence electrons. The molecule has 0 radical (unpaired) electrons. The van der Waals surface area contributed by atoms with Crippen LogP contribution in [-0.4, -0.2) is 37.7 Å². The molecule has 0 spiro atoms. The number of likely N-dealkylation sites (N-methyl/N-ethyl adjacent to an activating group) is 1. The summed E-state index contributed by atoms with van der Waals surface area (Å²) in [6, 6.07) is 6.28. The zero-order valence-corrected chi connectivity index (χ0v) is 10.2. The van der Waals surface area contributed by atoms with Gasteiger partial charge in [0, 0.05) is 7.05 Å². The number of nitrogens with one attached hydrogen (secondary N) is 1. The first-order valence-corrected chi connectivity index (χ1v) is 5.49. The standard InChI is InChI=1S/C12H14FN3O2/c1-16-10(8-4-3-5-9(13)6-8)7-14-11(16)15-12(17)18-2/h3-6,10H,7H2,1-2H3,(H,14,15,17). The third-order valence-corrected chi connectivity index (χ3v) is 2.85. The van der Waals surface area contributed by atoms with E-state index < -0.39 is 6.09 Å². The fourth-order valence-electron chi connectivity index (χ4n) is 1.87. The maximum absolute atomic E-state index is 13.2. The monoisotopic (exact) mass is 251 g/mol. The number of rotatable bonds is 1. The van der Waals surface area contributed by atoms with Crippen LogP contribution in [0.1, 0.15) is 11.6 Å². The van der Waals surface area contributed by atoms with Crippen LogP contribution in [0.3, 0.4) is 0 Å². The first-order chi connectivity index (χ1) is 8.61. The number of carbonyl (C=O) groups excluding carboxylic acids is 1. The third kappa shape index (κ3) is 2.42. The Bertz CT molecular complexity index is 490. The number of nitrogens with zero attached hydrogens (tertiary/aromatic N) is 2. The van der Waals surface area contributed by atoms with Crippen molar-refractivity contribution in [2.45, 2.75) is 6.04 Å². The quantitative estimate of drug-likeness (QED) is 0.823. The number of aliphatic imine (C=N–C) groups is 1. The Hall–Kier alpha value is -2.11. The van der Waals surface area contributed by atoms with Crippen LogP contribution in [0.4, 0.5) is 9.18 Å². The highest BCUT2D eigenvalue weighted by Crippen LogP contribution is 2.24. The fourth-order valence-corrected chi connectivity index (χ4v) is 1.87. The molecule has 1 atom stereocenters. The van der Waals surface area contributed by atoms with Gasteiger partial charge in [0.15, 0.2) is 0 Å². The van der Waals surface area contributed by atoms with Crippen LogP contribution in [0.5, 0.6) is 0 Å². The second kappa shape index (κ2) is 5.03. The molecule has 0 aromatic heterocycles. The lowest BCUT2D eigenvalue weighted by atomic mass is 10.1. The van der Waals surface area contributed by atoms with Gasteiger partial charge in [-0.2, -0.15) is 0 Å². The largest absolute Gasteiger partial charge is 0.453 e. The van der Waals surface area contributed by atoms with Gasteiger partial charge in [-0.25, -0.2) is 9.18 Å². The second-order valence-electron chi connectivity index (χ2n) is 3.96. The molecule has 5 nitrogen and oxygen atoms in total. The van der Waals surface area contributed by atoms with E-state index in [-0.39, 0.29) is 11.9 Å². The summed E-state index contributed by atoms with van der Waals surface area (Å²) in [5.41, 5.74) is 0.822. The number of carbonyl (C=O) groups is 1. The first kappa shape index (κ1) is 12.3. The Labute approximate surface area is 104 Å². The van der Waals surface area contributed by atoms with E-state index in [9.17, 15) is 9.18 Å². The molecule has 1 aromatic rings. The number of methoxy groups -OCH3 is 1. The van der Waals surface area contributed by atoms with Gasteiger partial charge < -0.3 is 9.64 Å². The maximum atomic E-state index is 13.2. The molecule has 0 saturated heterocycles. The number of hydrogen-bond acceptors (Lipinski definition) is 4. The van der Waals surface area contributed by atoms with E-state index in [1.54, 1.807) is 18.0 Å². The van der Waals surface area contributed by atoms with Crippen molar-refractivity contribution < 1.29 is 13.9 Å². The minimum absolute atomic E-state index is 0.0761. The summed E-state index contributed by atoms with van der Waals surface area (Å²) in [5, 5.41) is 2.51. The Morgan fingerprint density at radius 1 is 1.61 bits per heavy atom. The molecule has 2 rings (SSSR count). The van der Waals surface area contributed by atoms with Crippen LogP contribution in [0.15, 0.2) is 29.3 Å². The summed E-state index contributed by atoms with van der Waals surface area (Å²) in [6.07, 6.45) is -0.569. The summed E-state index contributed by atoms with van der Waals surface area (Å²) >= 11 is 0. The summed E-state index contributed by atoms with van der Waals surface area (Å²) in [5.74, 6) is 0.145. The van der Waals surface area contributed by atoms with Gasteiger partial charge in [-0.3, -0.25) is 10.3 Å². The van der Waals surface area contributed by atoms with Gasteiger partial charge in [0.1, 0.15) is 5.82 Å². The molecular weight excluding hydrogens is 237 g/mol. The normalized spacial score (nSPS) is 18.5. The van der Waals surface area contributed by atoms with Crippen LogP contribution in [0.25, 0.3) is 0 Å². The Kier molecular flexibility index (Phi) is 3.45. The lowest BCUT2D eigenvalue weighted by molar-refractivity contribution is 0.175. The van der Waals surface area contributed by atoms with Crippen molar-refractivity contribution in [1.29, 1.82) is 0 Å². The van der Waals surface area contributed by atoms with Crippen molar-refractivity contribution in [3.05, 3.63) is 35.6 Å². The Morgan fingerprint density at radius 2 is 2.39 bits per heavy atom. The molecule has 1 unspecified atom stereocenters. The maximum Gasteiger partial charge on any atom is 0.413 e. The molecule has 0 saturated carbocycles. The van der Waals surface area contributed by atoms with Gasteiger partial charge in [0.05, 0.1) is 19.7 Å². The van der Waals surface area contributed by atoms with E-state index >= 15 is 0 Å². The van der Waals surface area contributed by atoms with Crippen LogP contribution < -0.4 is 5.32 Å². The fraction of sp³-hybridized carbons (Fsp3) is 0.333. The minimum atomic E-state index is -0.569. The Balaban J connectivity index is 2.10. The average Bonchev–Trinajstić information content (AvgIpc) is 2.71. The van der Waals surface area contributed by atoms with E-state index in [0.717, 1.165) is 5.56 Å². The van der Waals surface area contributed by atoms with Gasteiger partial charge in [-0.05, 0) is 17.7 Å². The van der Waals surface area contributed by atoms with Gasteiger partial charge in [0.2, 0.25) is 5.96 Å². The minimum Gasteiger partial charge on any atom is -0.453 e. The zero-order valence-electron chi connectivity index (χ0n) is 10.2. The van der Waals surface area contributed by atoms with Crippen LogP contribution in [0, 0.1) is 5.82 Å². The van der Waals surface area contributed by atoms with Crippen LogP contribution in [0.2, 0.25) is 0 Å². The smallest absolute Gasteiger partial charge is 0.413 e. The molecule has 0 fully saturated rings. The summed E-state index contributed by atoms with van der Waals surface area (Å²) in [7, 11) is 3.08. The third-order valence-electron chi connectivity index (χ3n) is 2.85.